The van der Waals surface area contributed by atoms with E-state index in [1.807, 2.05) is 55.4 Å². The molecule has 0 aromatic carbocycles. The van der Waals surface area contributed by atoms with Crippen molar-refractivity contribution in [1.82, 2.24) is 0 Å². The van der Waals surface area contributed by atoms with Gasteiger partial charge in [0.1, 0.15) is 0 Å². The van der Waals surface area contributed by atoms with Gasteiger partial charge in [0.2, 0.25) is 12.6 Å². The van der Waals surface area contributed by atoms with E-state index >= 15 is 0 Å². The van der Waals surface area contributed by atoms with E-state index in [-0.39, 0.29) is 28.2 Å². The molecule has 2 atom stereocenters. The van der Waals surface area contributed by atoms with Crippen LogP contribution in [-0.4, -0.2) is 37.7 Å². The summed E-state index contributed by atoms with van der Waals surface area (Å²) in [6, 6.07) is 0. The summed E-state index contributed by atoms with van der Waals surface area (Å²) >= 11 is 0. The van der Waals surface area contributed by atoms with Crippen LogP contribution in [0.1, 0.15) is 69.2 Å². The molecule has 0 aliphatic carbocycles. The lowest BCUT2D eigenvalue weighted by molar-refractivity contribution is -0.226. The SMILES string of the molecule is CC(=O)OC(OCC(C)(C)COC(OC(C)=O)C(C)(C)C)C(C)(C)C. The predicted molar refractivity (Wildman–Crippen MR) is 95.7 cm³/mol. The van der Waals surface area contributed by atoms with Crippen molar-refractivity contribution in [3.05, 3.63) is 0 Å². The Bertz CT molecular complexity index is 402. The number of carbonyl (C=O) groups is 2. The van der Waals surface area contributed by atoms with Crippen molar-refractivity contribution in [2.24, 2.45) is 16.2 Å². The summed E-state index contributed by atoms with van der Waals surface area (Å²) in [4.78, 5) is 22.6. The molecule has 25 heavy (non-hydrogen) atoms. The van der Waals surface area contributed by atoms with Gasteiger partial charge in [-0.05, 0) is 0 Å². The van der Waals surface area contributed by atoms with E-state index in [1.54, 1.807) is 0 Å². The van der Waals surface area contributed by atoms with Gasteiger partial charge in [-0.15, -0.1) is 0 Å². The van der Waals surface area contributed by atoms with Crippen LogP contribution in [0.15, 0.2) is 0 Å². The Hall–Kier alpha value is -1.14. The summed E-state index contributed by atoms with van der Waals surface area (Å²) in [5, 5.41) is 0. The molecule has 0 aliphatic heterocycles. The van der Waals surface area contributed by atoms with E-state index in [2.05, 4.69) is 0 Å². The first-order valence-electron chi connectivity index (χ1n) is 8.62. The van der Waals surface area contributed by atoms with E-state index < -0.39 is 12.6 Å². The molecule has 0 bridgehead atoms. The Labute approximate surface area is 152 Å². The molecule has 0 aliphatic rings. The molecular formula is C19H36O6. The first-order chi connectivity index (χ1) is 11.0. The van der Waals surface area contributed by atoms with Crippen molar-refractivity contribution < 1.29 is 28.5 Å². The summed E-state index contributed by atoms with van der Waals surface area (Å²) in [7, 11) is 0. The number of carbonyl (C=O) groups excluding carboxylic acids is 2. The fraction of sp³-hybridized carbons (Fsp3) is 0.895. The van der Waals surface area contributed by atoms with E-state index in [0.29, 0.717) is 13.2 Å². The minimum absolute atomic E-state index is 0.332. The molecule has 6 heteroatoms. The maximum atomic E-state index is 11.3. The average molecular weight is 360 g/mol. The molecule has 6 nitrogen and oxygen atoms in total. The molecule has 0 saturated heterocycles. The first-order valence-corrected chi connectivity index (χ1v) is 8.62. The standard InChI is InChI=1S/C19H36O6/c1-13(20)24-15(17(3,4)5)22-11-19(9,10)12-23-16(18(6,7)8)25-14(2)21/h15-16H,11-12H2,1-10H3. The van der Waals surface area contributed by atoms with E-state index in [9.17, 15) is 9.59 Å². The van der Waals surface area contributed by atoms with Crippen LogP contribution in [0, 0.1) is 16.2 Å². The molecule has 0 rings (SSSR count). The van der Waals surface area contributed by atoms with Crippen molar-refractivity contribution in [3.8, 4) is 0 Å². The zero-order chi connectivity index (χ0) is 20.1. The lowest BCUT2D eigenvalue weighted by Gasteiger charge is -2.35. The zero-order valence-electron chi connectivity index (χ0n) is 17.5. The molecule has 148 valence electrons. The third-order valence-electron chi connectivity index (χ3n) is 3.21. The monoisotopic (exact) mass is 360 g/mol. The second-order valence-corrected chi connectivity index (χ2v) is 9.40. The zero-order valence-corrected chi connectivity index (χ0v) is 17.5. The van der Waals surface area contributed by atoms with E-state index in [0.717, 1.165) is 0 Å². The minimum Gasteiger partial charge on any atom is -0.435 e. The molecule has 0 fully saturated rings. The lowest BCUT2D eigenvalue weighted by Crippen LogP contribution is -2.40. The van der Waals surface area contributed by atoms with Crippen molar-refractivity contribution in [2.75, 3.05) is 13.2 Å². The van der Waals surface area contributed by atoms with Gasteiger partial charge in [-0.1, -0.05) is 55.4 Å². The number of hydrogen-bond donors (Lipinski definition) is 0. The van der Waals surface area contributed by atoms with Crippen LogP contribution < -0.4 is 0 Å². The highest BCUT2D eigenvalue weighted by atomic mass is 16.7. The van der Waals surface area contributed by atoms with Gasteiger partial charge in [-0.25, -0.2) is 0 Å². The number of esters is 2. The van der Waals surface area contributed by atoms with Crippen LogP contribution in [0.2, 0.25) is 0 Å². The smallest absolute Gasteiger partial charge is 0.304 e. The summed E-state index contributed by atoms with van der Waals surface area (Å²) < 4.78 is 22.2. The van der Waals surface area contributed by atoms with E-state index in [1.165, 1.54) is 13.8 Å². The molecule has 0 N–H and O–H groups in total. The van der Waals surface area contributed by atoms with Crippen LogP contribution in [-0.2, 0) is 28.5 Å². The highest BCUT2D eigenvalue weighted by molar-refractivity contribution is 5.66. The Morgan fingerprint density at radius 3 is 1.16 bits per heavy atom. The van der Waals surface area contributed by atoms with Gasteiger partial charge in [0.15, 0.2) is 0 Å². The van der Waals surface area contributed by atoms with Crippen molar-refractivity contribution in [1.29, 1.82) is 0 Å². The molecule has 0 saturated carbocycles. The largest absolute Gasteiger partial charge is 0.435 e. The summed E-state index contributed by atoms with van der Waals surface area (Å²) in [6.07, 6.45) is -1.28. The fourth-order valence-electron chi connectivity index (χ4n) is 1.87. The van der Waals surface area contributed by atoms with Gasteiger partial charge in [-0.3, -0.25) is 9.59 Å². The van der Waals surface area contributed by atoms with Crippen LogP contribution in [0.4, 0.5) is 0 Å². The van der Waals surface area contributed by atoms with Gasteiger partial charge >= 0.3 is 11.9 Å². The van der Waals surface area contributed by atoms with Gasteiger partial charge < -0.3 is 18.9 Å². The third kappa shape index (κ3) is 10.4. The Kier molecular flexibility index (Phi) is 8.58. The second kappa shape index (κ2) is 8.99. The normalized spacial score (nSPS) is 15.4. The van der Waals surface area contributed by atoms with Crippen LogP contribution >= 0.6 is 0 Å². The topological polar surface area (TPSA) is 71.1 Å². The molecule has 0 heterocycles. The second-order valence-electron chi connectivity index (χ2n) is 9.40. The Morgan fingerprint density at radius 2 is 0.960 bits per heavy atom. The molecule has 0 aromatic heterocycles. The van der Waals surface area contributed by atoms with Gasteiger partial charge in [-0.2, -0.15) is 0 Å². The first kappa shape index (κ1) is 23.9. The predicted octanol–water partition coefficient (Wildman–Crippen LogP) is 3.92. The van der Waals surface area contributed by atoms with Crippen LogP contribution in [0.5, 0.6) is 0 Å². The van der Waals surface area contributed by atoms with Gasteiger partial charge in [0.25, 0.3) is 0 Å². The lowest BCUT2D eigenvalue weighted by atomic mass is 9.93. The summed E-state index contributed by atoms with van der Waals surface area (Å²) in [5.74, 6) is -0.756. The average Bonchev–Trinajstić information content (AvgIpc) is 2.36. The summed E-state index contributed by atoms with van der Waals surface area (Å²) in [5.41, 5.74) is -1.03. The van der Waals surface area contributed by atoms with Gasteiger partial charge in [0.05, 0.1) is 13.2 Å². The Balaban J connectivity index is 4.79. The van der Waals surface area contributed by atoms with Gasteiger partial charge in [0, 0.05) is 30.1 Å². The number of ether oxygens (including phenoxy) is 4. The van der Waals surface area contributed by atoms with Crippen molar-refractivity contribution in [3.63, 3.8) is 0 Å². The molecule has 0 spiro atoms. The molecule has 0 radical (unpaired) electrons. The maximum absolute atomic E-state index is 11.3. The molecular weight excluding hydrogens is 324 g/mol. The van der Waals surface area contributed by atoms with Crippen LogP contribution in [0.3, 0.4) is 0 Å². The fourth-order valence-corrected chi connectivity index (χ4v) is 1.87. The number of rotatable bonds is 8. The summed E-state index contributed by atoms with van der Waals surface area (Å²) in [6.45, 7) is 19.0. The van der Waals surface area contributed by atoms with Crippen molar-refractivity contribution in [2.45, 2.75) is 81.8 Å². The molecule has 0 aromatic rings. The maximum Gasteiger partial charge on any atom is 0.304 e. The minimum atomic E-state index is -0.642. The van der Waals surface area contributed by atoms with E-state index in [4.69, 9.17) is 18.9 Å². The number of hydrogen-bond acceptors (Lipinski definition) is 6. The van der Waals surface area contributed by atoms with Crippen LogP contribution in [0.25, 0.3) is 0 Å². The highest BCUT2D eigenvalue weighted by Crippen LogP contribution is 2.29. The molecule has 2 unspecified atom stereocenters. The molecule has 0 amide bonds. The highest BCUT2D eigenvalue weighted by Gasteiger charge is 2.33. The quantitative estimate of drug-likeness (QED) is 0.483. The third-order valence-corrected chi connectivity index (χ3v) is 3.21. The van der Waals surface area contributed by atoms with Crippen molar-refractivity contribution >= 4 is 11.9 Å². The Morgan fingerprint density at radius 1 is 0.680 bits per heavy atom.